The zero-order valence-electron chi connectivity index (χ0n) is 14.8. The van der Waals surface area contributed by atoms with E-state index < -0.39 is 0 Å². The van der Waals surface area contributed by atoms with Gasteiger partial charge < -0.3 is 14.5 Å². The summed E-state index contributed by atoms with van der Waals surface area (Å²) in [5.41, 5.74) is 1.55. The number of benzene rings is 2. The number of carbonyl (C=O) groups is 2. The number of nitrogens with zero attached hydrogens (tertiary/aromatic N) is 2. The van der Waals surface area contributed by atoms with E-state index in [-0.39, 0.29) is 11.8 Å². The average molecular weight is 350 g/mol. The minimum absolute atomic E-state index is 0.0294. The van der Waals surface area contributed by atoms with E-state index in [1.807, 2.05) is 48.5 Å². The van der Waals surface area contributed by atoms with E-state index in [1.54, 1.807) is 35.1 Å². The number of hydrogen-bond donors (Lipinski definition) is 0. The second kappa shape index (κ2) is 8.34. The molecule has 2 aromatic carbocycles. The number of methoxy groups -OCH3 is 1. The molecule has 1 fully saturated rings. The topological polar surface area (TPSA) is 49.9 Å². The molecule has 2 aromatic rings. The lowest BCUT2D eigenvalue weighted by Gasteiger charge is -2.34. The van der Waals surface area contributed by atoms with E-state index in [0.29, 0.717) is 37.5 Å². The van der Waals surface area contributed by atoms with Gasteiger partial charge in [-0.1, -0.05) is 42.5 Å². The number of piperazine rings is 1. The Kier molecular flexibility index (Phi) is 5.69. The third-order valence-electron chi connectivity index (χ3n) is 4.43. The van der Waals surface area contributed by atoms with E-state index in [1.165, 1.54) is 0 Å². The minimum Gasteiger partial charge on any atom is -0.496 e. The van der Waals surface area contributed by atoms with Crippen LogP contribution in [0.15, 0.2) is 60.7 Å². The maximum Gasteiger partial charge on any atom is 0.257 e. The lowest BCUT2D eigenvalue weighted by molar-refractivity contribution is -0.127. The zero-order chi connectivity index (χ0) is 18.4. The summed E-state index contributed by atoms with van der Waals surface area (Å²) < 4.78 is 5.27. The molecule has 3 rings (SSSR count). The third-order valence-corrected chi connectivity index (χ3v) is 4.43. The fourth-order valence-electron chi connectivity index (χ4n) is 2.96. The first-order valence-corrected chi connectivity index (χ1v) is 8.63. The molecule has 2 amide bonds. The van der Waals surface area contributed by atoms with E-state index in [0.717, 1.165) is 5.56 Å². The monoisotopic (exact) mass is 350 g/mol. The molecule has 26 heavy (non-hydrogen) atoms. The molecule has 1 heterocycles. The van der Waals surface area contributed by atoms with E-state index in [4.69, 9.17) is 4.74 Å². The Hall–Kier alpha value is -3.08. The molecule has 1 aliphatic heterocycles. The molecule has 0 N–H and O–H groups in total. The van der Waals surface area contributed by atoms with Crippen LogP contribution in [0.25, 0.3) is 6.08 Å². The van der Waals surface area contributed by atoms with Gasteiger partial charge in [0, 0.05) is 32.3 Å². The van der Waals surface area contributed by atoms with Crippen molar-refractivity contribution in [3.8, 4) is 5.75 Å². The molecule has 5 nitrogen and oxygen atoms in total. The number of hydrogen-bond acceptors (Lipinski definition) is 3. The molecule has 5 heteroatoms. The van der Waals surface area contributed by atoms with Crippen LogP contribution in [-0.4, -0.2) is 54.9 Å². The van der Waals surface area contributed by atoms with Crippen LogP contribution >= 0.6 is 0 Å². The summed E-state index contributed by atoms with van der Waals surface area (Å²) in [4.78, 5) is 28.6. The highest BCUT2D eigenvalue weighted by atomic mass is 16.5. The molecule has 1 saturated heterocycles. The van der Waals surface area contributed by atoms with Crippen molar-refractivity contribution in [1.82, 2.24) is 9.80 Å². The summed E-state index contributed by atoms with van der Waals surface area (Å²) in [5.74, 6) is 0.481. The maximum absolute atomic E-state index is 12.7. The van der Waals surface area contributed by atoms with Gasteiger partial charge in [-0.25, -0.2) is 0 Å². The van der Waals surface area contributed by atoms with Crippen molar-refractivity contribution >= 4 is 17.9 Å². The Balaban J connectivity index is 1.58. The van der Waals surface area contributed by atoms with Gasteiger partial charge in [0.2, 0.25) is 5.91 Å². The van der Waals surface area contributed by atoms with Gasteiger partial charge >= 0.3 is 0 Å². The smallest absolute Gasteiger partial charge is 0.257 e. The van der Waals surface area contributed by atoms with Crippen molar-refractivity contribution in [2.24, 2.45) is 0 Å². The zero-order valence-corrected chi connectivity index (χ0v) is 14.8. The van der Waals surface area contributed by atoms with Crippen molar-refractivity contribution in [3.05, 3.63) is 71.8 Å². The Bertz CT molecular complexity index is 794. The molecule has 0 aliphatic carbocycles. The lowest BCUT2D eigenvalue weighted by Crippen LogP contribution is -2.50. The van der Waals surface area contributed by atoms with Crippen LogP contribution in [0.3, 0.4) is 0 Å². The van der Waals surface area contributed by atoms with Crippen LogP contribution in [0.1, 0.15) is 15.9 Å². The van der Waals surface area contributed by atoms with E-state index in [2.05, 4.69) is 0 Å². The Morgan fingerprint density at radius 3 is 2.19 bits per heavy atom. The van der Waals surface area contributed by atoms with Crippen molar-refractivity contribution in [2.75, 3.05) is 33.3 Å². The number of rotatable bonds is 4. The Morgan fingerprint density at radius 1 is 0.885 bits per heavy atom. The van der Waals surface area contributed by atoms with Crippen LogP contribution in [0.4, 0.5) is 0 Å². The molecule has 0 bridgehead atoms. The van der Waals surface area contributed by atoms with Gasteiger partial charge in [0.25, 0.3) is 5.91 Å². The van der Waals surface area contributed by atoms with Crippen molar-refractivity contribution < 1.29 is 14.3 Å². The average Bonchev–Trinajstić information content (AvgIpc) is 2.72. The number of ether oxygens (including phenoxy) is 1. The molecule has 0 atom stereocenters. The van der Waals surface area contributed by atoms with Crippen LogP contribution in [-0.2, 0) is 4.79 Å². The van der Waals surface area contributed by atoms with Crippen LogP contribution in [0, 0.1) is 0 Å². The molecular weight excluding hydrogens is 328 g/mol. The molecule has 0 radical (unpaired) electrons. The molecular formula is C21H22N2O3. The molecule has 0 spiro atoms. The van der Waals surface area contributed by atoms with Gasteiger partial charge in [-0.3, -0.25) is 9.59 Å². The first kappa shape index (κ1) is 17.7. The van der Waals surface area contributed by atoms with Gasteiger partial charge in [0.1, 0.15) is 5.75 Å². The minimum atomic E-state index is -0.0608. The second-order valence-corrected chi connectivity index (χ2v) is 6.06. The van der Waals surface area contributed by atoms with Gasteiger partial charge in [0.15, 0.2) is 0 Å². The van der Waals surface area contributed by atoms with Crippen LogP contribution in [0.5, 0.6) is 5.75 Å². The Morgan fingerprint density at radius 2 is 1.50 bits per heavy atom. The summed E-state index contributed by atoms with van der Waals surface area (Å²) in [6.45, 7) is 2.08. The molecule has 1 aliphatic rings. The highest BCUT2D eigenvalue weighted by Gasteiger charge is 2.25. The second-order valence-electron chi connectivity index (χ2n) is 6.06. The number of carbonyl (C=O) groups excluding carboxylic acids is 2. The fraction of sp³-hybridized carbons (Fsp3) is 0.238. The summed E-state index contributed by atoms with van der Waals surface area (Å²) in [5, 5.41) is 0. The predicted octanol–water partition coefficient (Wildman–Crippen LogP) is 2.69. The highest BCUT2D eigenvalue weighted by molar-refractivity contribution is 5.97. The van der Waals surface area contributed by atoms with Crippen LogP contribution < -0.4 is 4.74 Å². The summed E-state index contributed by atoms with van der Waals surface area (Å²) in [6, 6.07) is 16.9. The summed E-state index contributed by atoms with van der Waals surface area (Å²) in [7, 11) is 1.56. The molecule has 0 saturated carbocycles. The first-order chi connectivity index (χ1) is 12.7. The molecule has 0 unspecified atom stereocenters. The van der Waals surface area contributed by atoms with Crippen molar-refractivity contribution in [2.45, 2.75) is 0 Å². The third kappa shape index (κ3) is 4.11. The molecule has 134 valence electrons. The number of para-hydroxylation sites is 1. The largest absolute Gasteiger partial charge is 0.496 e. The Labute approximate surface area is 153 Å². The molecule has 0 aromatic heterocycles. The highest BCUT2D eigenvalue weighted by Crippen LogP contribution is 2.20. The van der Waals surface area contributed by atoms with E-state index in [9.17, 15) is 9.59 Å². The number of amides is 2. The quantitative estimate of drug-likeness (QED) is 0.797. The predicted molar refractivity (Wildman–Crippen MR) is 101 cm³/mol. The van der Waals surface area contributed by atoms with Gasteiger partial charge in [-0.15, -0.1) is 0 Å². The lowest BCUT2D eigenvalue weighted by atomic mass is 10.1. The van der Waals surface area contributed by atoms with Gasteiger partial charge in [-0.2, -0.15) is 0 Å². The first-order valence-electron chi connectivity index (χ1n) is 8.63. The SMILES string of the molecule is COc1ccccc1C(=O)N1CCN(C(=O)/C=C/c2ccccc2)CC1. The van der Waals surface area contributed by atoms with Gasteiger partial charge in [0.05, 0.1) is 12.7 Å². The van der Waals surface area contributed by atoms with Crippen molar-refractivity contribution in [3.63, 3.8) is 0 Å². The maximum atomic E-state index is 12.7. The van der Waals surface area contributed by atoms with Crippen molar-refractivity contribution in [1.29, 1.82) is 0 Å². The van der Waals surface area contributed by atoms with E-state index >= 15 is 0 Å². The fourth-order valence-corrected chi connectivity index (χ4v) is 2.96. The standard InChI is InChI=1S/C21H22N2O3/c1-26-19-10-6-5-9-18(19)21(25)23-15-13-22(14-16-23)20(24)12-11-17-7-3-2-4-8-17/h2-12H,13-16H2,1H3/b12-11+. The normalized spacial score (nSPS) is 14.5. The van der Waals surface area contributed by atoms with Gasteiger partial charge in [-0.05, 0) is 23.8 Å². The summed E-state index contributed by atoms with van der Waals surface area (Å²) in [6.07, 6.45) is 3.40. The van der Waals surface area contributed by atoms with Crippen LogP contribution in [0.2, 0.25) is 0 Å². The summed E-state index contributed by atoms with van der Waals surface area (Å²) >= 11 is 0.